The fourth-order valence-corrected chi connectivity index (χ4v) is 4.24. The lowest BCUT2D eigenvalue weighted by Crippen LogP contribution is -2.48. The van der Waals surface area contributed by atoms with E-state index in [0.717, 1.165) is 32.1 Å². The first-order valence-corrected chi connectivity index (χ1v) is 16.8. The molecule has 0 bridgehead atoms. The second-order valence-corrected chi connectivity index (χ2v) is 11.5. The van der Waals surface area contributed by atoms with Crippen LogP contribution in [-0.4, -0.2) is 152 Å². The van der Waals surface area contributed by atoms with Crippen molar-refractivity contribution in [3.63, 3.8) is 0 Å². The van der Waals surface area contributed by atoms with Crippen molar-refractivity contribution in [2.45, 2.75) is 95.9 Å². The monoisotopic (exact) mass is 664 g/mol. The van der Waals surface area contributed by atoms with Crippen LogP contribution in [0.25, 0.3) is 0 Å². The van der Waals surface area contributed by atoms with Gasteiger partial charge in [-0.05, 0) is 45.6 Å². The molecule has 0 aliphatic heterocycles. The molecule has 0 aromatic carbocycles. The minimum atomic E-state index is -1.75. The quantitative estimate of drug-likeness (QED) is 0.0304. The summed E-state index contributed by atoms with van der Waals surface area (Å²) in [5.41, 5.74) is 0. The first kappa shape index (κ1) is 44.5. The number of unbranched alkanes of at least 4 members (excludes halogenated alkanes) is 5. The zero-order valence-corrected chi connectivity index (χ0v) is 28.4. The molecule has 0 aliphatic carbocycles. The second-order valence-electron chi connectivity index (χ2n) is 11.5. The number of allylic oxidation sites excluding steroid dienone is 4. The van der Waals surface area contributed by atoms with Gasteiger partial charge in [-0.1, -0.05) is 51.0 Å². The van der Waals surface area contributed by atoms with E-state index in [4.69, 9.17) is 24.1 Å². The highest BCUT2D eigenvalue weighted by Crippen LogP contribution is 2.13. The van der Waals surface area contributed by atoms with Crippen LogP contribution >= 0.6 is 0 Å². The highest BCUT2D eigenvalue weighted by Gasteiger charge is 2.33. The van der Waals surface area contributed by atoms with E-state index in [9.17, 15) is 30.3 Å². The van der Waals surface area contributed by atoms with Crippen LogP contribution in [0.1, 0.15) is 65.2 Å². The summed E-state index contributed by atoms with van der Waals surface area (Å²) in [5.74, 6) is -0.849. The molecule has 0 heterocycles. The van der Waals surface area contributed by atoms with E-state index in [0.29, 0.717) is 26.3 Å². The number of nitrogens with one attached hydrogen (secondary N) is 1. The third-order valence-electron chi connectivity index (χ3n) is 7.15. The predicted molar refractivity (Wildman–Crippen MR) is 176 cm³/mol. The molecular formula is C33H64N2O11. The number of carbonyl (C=O) groups is 1. The maximum Gasteiger partial charge on any atom is 0.234 e. The minimum Gasteiger partial charge on any atom is -0.396 e. The third kappa shape index (κ3) is 24.7. The summed E-state index contributed by atoms with van der Waals surface area (Å²) in [7, 11) is 1.80. The number of aliphatic hydroxyl groups excluding tert-OH is 6. The van der Waals surface area contributed by atoms with Crippen LogP contribution in [0.15, 0.2) is 24.3 Å². The zero-order chi connectivity index (χ0) is 34.4. The van der Waals surface area contributed by atoms with E-state index >= 15 is 0 Å². The van der Waals surface area contributed by atoms with Gasteiger partial charge in [0.25, 0.3) is 0 Å². The van der Waals surface area contributed by atoms with Gasteiger partial charge in [0, 0.05) is 32.2 Å². The number of likely N-dealkylation sites (N-methyl/N-ethyl adjacent to an activating group) is 1. The molecule has 7 N–H and O–H groups in total. The SMILES string of the molecule is CCCCC/C=C\C/C=C\CCCCO[C@H](CO)CN(C)CC(=O)NCCOCCOCCO[C@H](O)C(O)C(O)[C@H](O)[C@H](C)CO. The van der Waals surface area contributed by atoms with Crippen LogP contribution in [0.5, 0.6) is 0 Å². The van der Waals surface area contributed by atoms with E-state index in [2.05, 4.69) is 36.5 Å². The fourth-order valence-electron chi connectivity index (χ4n) is 4.24. The van der Waals surface area contributed by atoms with Gasteiger partial charge in [-0.2, -0.15) is 0 Å². The molecule has 0 aromatic heterocycles. The Bertz CT molecular complexity index is 759. The molecule has 0 spiro atoms. The highest BCUT2D eigenvalue weighted by molar-refractivity contribution is 5.77. The molecule has 1 amide bonds. The summed E-state index contributed by atoms with van der Waals surface area (Å²) in [6, 6.07) is 0. The molecule has 0 saturated heterocycles. The van der Waals surface area contributed by atoms with Crippen LogP contribution in [0.2, 0.25) is 0 Å². The van der Waals surface area contributed by atoms with Crippen molar-refractivity contribution in [1.82, 2.24) is 10.2 Å². The summed E-state index contributed by atoms with van der Waals surface area (Å²) >= 11 is 0. The molecule has 272 valence electrons. The van der Waals surface area contributed by atoms with E-state index in [1.54, 1.807) is 11.9 Å². The topological polar surface area (TPSA) is 191 Å². The number of hydrogen-bond donors (Lipinski definition) is 7. The molecule has 0 fully saturated rings. The lowest BCUT2D eigenvalue weighted by atomic mass is 9.97. The van der Waals surface area contributed by atoms with Crippen molar-refractivity contribution >= 4 is 5.91 Å². The lowest BCUT2D eigenvalue weighted by molar-refractivity contribution is -0.210. The van der Waals surface area contributed by atoms with E-state index in [-0.39, 0.29) is 58.2 Å². The number of rotatable bonds is 32. The Morgan fingerprint density at radius 2 is 1.39 bits per heavy atom. The van der Waals surface area contributed by atoms with E-state index in [1.165, 1.54) is 26.2 Å². The smallest absolute Gasteiger partial charge is 0.234 e. The number of hydrogen-bond acceptors (Lipinski definition) is 12. The number of aliphatic hydroxyl groups is 6. The van der Waals surface area contributed by atoms with E-state index < -0.39 is 30.5 Å². The molecule has 0 aromatic rings. The van der Waals surface area contributed by atoms with Gasteiger partial charge >= 0.3 is 0 Å². The van der Waals surface area contributed by atoms with Gasteiger partial charge in [0.15, 0.2) is 6.29 Å². The predicted octanol–water partition coefficient (Wildman–Crippen LogP) is 0.744. The average molecular weight is 665 g/mol. The van der Waals surface area contributed by atoms with Crippen LogP contribution in [0, 0.1) is 5.92 Å². The van der Waals surface area contributed by atoms with Crippen molar-refractivity contribution in [3.8, 4) is 0 Å². The van der Waals surface area contributed by atoms with Gasteiger partial charge in [0.2, 0.25) is 5.91 Å². The zero-order valence-electron chi connectivity index (χ0n) is 28.4. The maximum absolute atomic E-state index is 12.2. The summed E-state index contributed by atoms with van der Waals surface area (Å²) in [6.07, 6.45) is 10.8. The summed E-state index contributed by atoms with van der Waals surface area (Å²) < 4.78 is 21.5. The van der Waals surface area contributed by atoms with Crippen LogP contribution in [0.4, 0.5) is 0 Å². The Hall–Kier alpha value is -1.49. The van der Waals surface area contributed by atoms with Gasteiger partial charge < -0.3 is 54.9 Å². The molecule has 0 aliphatic rings. The molecule has 0 rings (SSSR count). The molecule has 2 unspecified atom stereocenters. The van der Waals surface area contributed by atoms with Crippen LogP contribution < -0.4 is 5.32 Å². The van der Waals surface area contributed by atoms with Gasteiger partial charge in [0.05, 0.1) is 58.4 Å². The lowest BCUT2D eigenvalue weighted by Gasteiger charge is -2.28. The Kier molecular flexibility index (Phi) is 29.8. The van der Waals surface area contributed by atoms with Gasteiger partial charge in [0.1, 0.15) is 12.2 Å². The Morgan fingerprint density at radius 3 is 2.02 bits per heavy atom. The van der Waals surface area contributed by atoms with Crippen molar-refractivity contribution in [1.29, 1.82) is 0 Å². The summed E-state index contributed by atoms with van der Waals surface area (Å²) in [4.78, 5) is 14.0. The average Bonchev–Trinajstić information content (AvgIpc) is 3.05. The second kappa shape index (κ2) is 30.8. The minimum absolute atomic E-state index is 0.0719. The summed E-state index contributed by atoms with van der Waals surface area (Å²) in [6.45, 7) is 5.52. The van der Waals surface area contributed by atoms with Crippen molar-refractivity contribution in [2.24, 2.45) is 5.92 Å². The molecular weight excluding hydrogens is 600 g/mol. The normalized spacial score (nSPS) is 16.2. The fraction of sp³-hybridized carbons (Fsp3) is 0.848. The Morgan fingerprint density at radius 1 is 0.761 bits per heavy atom. The van der Waals surface area contributed by atoms with Crippen LogP contribution in [-0.2, 0) is 23.7 Å². The standard InChI is InChI=1S/C33H64N2O11/c1-4-5-6-7-8-9-10-11-12-13-14-15-17-45-28(26-37)23-35(3)24-29(38)34-16-18-43-19-20-44-21-22-46-33(42)32(41)31(40)30(39)27(2)25-36/h8-9,11-12,27-28,30-33,36-37,39-42H,4-7,10,13-26H2,1-3H3,(H,34,38)/b9-8-,12-11-/t27-,28+,30-,31?,32?,33+/m1/s1. The highest BCUT2D eigenvalue weighted by atomic mass is 16.6. The molecule has 6 atom stereocenters. The largest absolute Gasteiger partial charge is 0.396 e. The van der Waals surface area contributed by atoms with Crippen molar-refractivity contribution in [2.75, 3.05) is 79.5 Å². The van der Waals surface area contributed by atoms with E-state index in [1.807, 2.05) is 0 Å². The van der Waals surface area contributed by atoms with Gasteiger partial charge in [-0.25, -0.2) is 0 Å². The molecule has 0 saturated carbocycles. The number of amides is 1. The molecule has 13 nitrogen and oxygen atoms in total. The van der Waals surface area contributed by atoms with Gasteiger partial charge in [-0.3, -0.25) is 9.69 Å². The molecule has 46 heavy (non-hydrogen) atoms. The Balaban J connectivity index is 3.79. The maximum atomic E-state index is 12.2. The number of nitrogens with zero attached hydrogens (tertiary/aromatic N) is 1. The Labute approximate surface area is 276 Å². The molecule has 0 radical (unpaired) electrons. The first-order chi connectivity index (χ1) is 22.2. The van der Waals surface area contributed by atoms with Crippen molar-refractivity contribution < 1.29 is 54.4 Å². The number of ether oxygens (including phenoxy) is 4. The molecule has 13 heteroatoms. The first-order valence-electron chi connectivity index (χ1n) is 16.8. The number of carbonyl (C=O) groups excluding carboxylic acids is 1. The van der Waals surface area contributed by atoms with Crippen LogP contribution in [0.3, 0.4) is 0 Å². The van der Waals surface area contributed by atoms with Gasteiger partial charge in [-0.15, -0.1) is 0 Å². The third-order valence-corrected chi connectivity index (χ3v) is 7.15. The summed E-state index contributed by atoms with van der Waals surface area (Å²) in [5, 5.41) is 60.8. The van der Waals surface area contributed by atoms with Crippen molar-refractivity contribution in [3.05, 3.63) is 24.3 Å².